The van der Waals surface area contributed by atoms with Crippen molar-refractivity contribution in [3.05, 3.63) is 65.7 Å². The SMILES string of the molecule is CC[C@H](C)[C@H](N)C(=O)N[C@@H](CC(N)=O)C(=O)N1CCC[C@H]1C(=O)N[C@@H](CCCCN)C(=O)N[C@@H](Cc1ccccc1)C(=O)N[C@@H](CCCN=C(N)N)C(=O)N[C@@H](CC(C)C)C(=O)N[C@@H](CCCN=C(N)N)C(=O)N[C@@H](Cc1ccc(O)cc1)C(=O)O. The first-order chi connectivity index (χ1) is 40.7. The molecule has 10 atom stereocenters. The topological polar surface area (TPSA) is 505 Å². The normalized spacial score (nSPS) is 16.0. The highest BCUT2D eigenvalue weighted by molar-refractivity contribution is 5.99. The van der Waals surface area contributed by atoms with Crippen molar-refractivity contribution in [2.75, 3.05) is 26.2 Å². The predicted molar refractivity (Wildman–Crippen MR) is 321 cm³/mol. The molecule has 0 spiro atoms. The second-order valence-electron chi connectivity index (χ2n) is 21.9. The van der Waals surface area contributed by atoms with Crippen LogP contribution in [0.5, 0.6) is 5.75 Å². The second-order valence-corrected chi connectivity index (χ2v) is 21.9. The number of hydrogen-bond donors (Lipinski definition) is 16. The van der Waals surface area contributed by atoms with Crippen LogP contribution in [0.1, 0.15) is 116 Å². The molecule has 0 bridgehead atoms. The number of amides is 9. The number of phenolic OH excluding ortho intramolecular Hbond substituents is 1. The number of nitrogens with zero attached hydrogens (tertiary/aromatic N) is 3. The largest absolute Gasteiger partial charge is 0.508 e. The zero-order chi connectivity index (χ0) is 64.0. The third-order valence-corrected chi connectivity index (χ3v) is 14.4. The van der Waals surface area contributed by atoms with E-state index in [1.54, 1.807) is 51.1 Å². The predicted octanol–water partition coefficient (Wildman–Crippen LogP) is -2.82. The van der Waals surface area contributed by atoms with Gasteiger partial charge >= 0.3 is 5.97 Å². The molecule has 29 nitrogen and oxygen atoms in total. The lowest BCUT2D eigenvalue weighted by molar-refractivity contribution is -0.143. The van der Waals surface area contributed by atoms with E-state index >= 15 is 0 Å². The molecule has 9 amide bonds. The van der Waals surface area contributed by atoms with Crippen LogP contribution in [0.3, 0.4) is 0 Å². The van der Waals surface area contributed by atoms with Crippen LogP contribution in [0, 0.1) is 11.8 Å². The Morgan fingerprint density at radius 2 is 1.06 bits per heavy atom. The number of aromatic hydroxyl groups is 1. The molecule has 1 aliphatic rings. The van der Waals surface area contributed by atoms with E-state index in [2.05, 4.69) is 47.2 Å². The number of carboxylic acid groups (broad SMARTS) is 1. The number of nitrogens with one attached hydrogen (secondary N) is 7. The van der Waals surface area contributed by atoms with E-state index in [-0.39, 0.29) is 113 Å². The van der Waals surface area contributed by atoms with E-state index < -0.39 is 120 Å². The lowest BCUT2D eigenvalue weighted by Crippen LogP contribution is -2.60. The smallest absolute Gasteiger partial charge is 0.326 e. The molecule has 0 aliphatic carbocycles. The van der Waals surface area contributed by atoms with Gasteiger partial charge in [-0.1, -0.05) is 76.6 Å². The Morgan fingerprint density at radius 3 is 1.57 bits per heavy atom. The Balaban J connectivity index is 1.97. The Kier molecular flexibility index (Phi) is 30.8. The van der Waals surface area contributed by atoms with Gasteiger partial charge in [-0.05, 0) is 106 Å². The quantitative estimate of drug-likeness (QED) is 0.0183. The summed E-state index contributed by atoms with van der Waals surface area (Å²) in [6, 6.07) is 2.45. The number of guanidine groups is 2. The van der Waals surface area contributed by atoms with E-state index in [9.17, 15) is 58.2 Å². The maximum absolute atomic E-state index is 14.7. The van der Waals surface area contributed by atoms with Gasteiger partial charge in [-0.25, -0.2) is 4.79 Å². The average Bonchev–Trinajstić information content (AvgIpc) is 3.60. The van der Waals surface area contributed by atoms with Crippen molar-refractivity contribution in [3.63, 3.8) is 0 Å². The Labute approximate surface area is 501 Å². The van der Waals surface area contributed by atoms with Crippen molar-refractivity contribution in [2.24, 2.45) is 62.0 Å². The van der Waals surface area contributed by atoms with Crippen LogP contribution in [0.4, 0.5) is 0 Å². The molecule has 0 unspecified atom stereocenters. The van der Waals surface area contributed by atoms with E-state index in [1.165, 1.54) is 29.2 Å². The van der Waals surface area contributed by atoms with Crippen molar-refractivity contribution in [2.45, 2.75) is 172 Å². The first-order valence-electron chi connectivity index (χ1n) is 29.1. The van der Waals surface area contributed by atoms with Crippen LogP contribution in [-0.4, -0.2) is 167 Å². The number of carbonyl (C=O) groups is 10. The number of carbonyl (C=O) groups excluding carboxylic acids is 9. The number of aliphatic imine (C=N–C) groups is 2. The van der Waals surface area contributed by atoms with Crippen LogP contribution >= 0.6 is 0 Å². The first-order valence-corrected chi connectivity index (χ1v) is 29.1. The third kappa shape index (κ3) is 25.3. The summed E-state index contributed by atoms with van der Waals surface area (Å²) in [7, 11) is 0. The molecule has 0 saturated carbocycles. The Bertz CT molecular complexity index is 2640. The highest BCUT2D eigenvalue weighted by Crippen LogP contribution is 2.21. The number of nitrogens with two attached hydrogens (primary N) is 7. The van der Waals surface area contributed by atoms with E-state index in [0.717, 1.165) is 0 Å². The summed E-state index contributed by atoms with van der Waals surface area (Å²) in [5.41, 5.74) is 40.7. The number of hydrogen-bond acceptors (Lipinski definition) is 15. The summed E-state index contributed by atoms with van der Waals surface area (Å²) in [6.07, 6.45) is 1.14. The van der Waals surface area contributed by atoms with Gasteiger partial charge in [0, 0.05) is 32.5 Å². The second kappa shape index (κ2) is 37.0. The number of primary amides is 1. The van der Waals surface area contributed by atoms with Gasteiger partial charge in [0.2, 0.25) is 53.2 Å². The fourth-order valence-corrected chi connectivity index (χ4v) is 9.45. The standard InChI is InChI=1S/C57H91N17O12/c1-5-33(4)46(60)53(83)72-42(31-45(59)76)54(84)74-27-13-19-44(74)52(82)69-37(16-9-10-24-58)47(77)71-41(29-34-14-7-6-8-15-34)51(81)68-38(17-11-25-65-56(61)62)48(78)70-40(28-32(2)3)50(80)67-39(18-12-26-66-57(63)64)49(79)73-43(55(85)86)30-35-20-22-36(75)23-21-35/h6-8,14-15,20-23,32-33,37-44,46,75H,5,9-13,16-19,24-31,58,60H2,1-4H3,(H2,59,76)(H,67,80)(H,68,81)(H,69,82)(H,70,78)(H,71,77)(H,72,83)(H,73,79)(H,85,86)(H4,61,62,65)(H4,63,64,66)/t33-,37-,38-,39-,40-,41-,42-,43-,44-,46-/m0/s1. The van der Waals surface area contributed by atoms with Gasteiger partial charge < -0.3 is 92.5 Å². The minimum absolute atomic E-state index is 0.0154. The molecule has 1 aliphatic heterocycles. The molecule has 0 radical (unpaired) electrons. The van der Waals surface area contributed by atoms with Gasteiger partial charge in [0.1, 0.15) is 54.1 Å². The lowest BCUT2D eigenvalue weighted by atomic mass is 9.98. The molecule has 0 aromatic heterocycles. The van der Waals surface area contributed by atoms with Crippen molar-refractivity contribution >= 4 is 71.1 Å². The van der Waals surface area contributed by atoms with Crippen LogP contribution in [-0.2, 0) is 60.8 Å². The van der Waals surface area contributed by atoms with Gasteiger partial charge in [-0.15, -0.1) is 0 Å². The number of likely N-dealkylation sites (tertiary alicyclic amines) is 1. The van der Waals surface area contributed by atoms with Crippen molar-refractivity contribution in [1.29, 1.82) is 0 Å². The molecule has 29 heteroatoms. The van der Waals surface area contributed by atoms with Gasteiger partial charge in [-0.3, -0.25) is 53.1 Å². The van der Waals surface area contributed by atoms with Gasteiger partial charge in [-0.2, -0.15) is 0 Å². The van der Waals surface area contributed by atoms with Gasteiger partial charge in [0.15, 0.2) is 11.9 Å². The van der Waals surface area contributed by atoms with Crippen LogP contribution in [0.25, 0.3) is 0 Å². The number of unbranched alkanes of at least 4 members (excludes halogenated alkanes) is 1. The molecule has 23 N–H and O–H groups in total. The molecule has 2 aromatic rings. The Hall–Kier alpha value is -8.60. The van der Waals surface area contributed by atoms with Crippen LogP contribution in [0.2, 0.25) is 0 Å². The van der Waals surface area contributed by atoms with E-state index in [1.807, 2.05) is 6.92 Å². The first kappa shape index (κ1) is 71.7. The zero-order valence-corrected chi connectivity index (χ0v) is 49.6. The lowest BCUT2D eigenvalue weighted by Gasteiger charge is -2.31. The monoisotopic (exact) mass is 1210 g/mol. The molecule has 1 fully saturated rings. The van der Waals surface area contributed by atoms with Crippen molar-refractivity contribution in [1.82, 2.24) is 42.1 Å². The number of rotatable bonds is 38. The van der Waals surface area contributed by atoms with Gasteiger partial charge in [0.25, 0.3) is 0 Å². The maximum Gasteiger partial charge on any atom is 0.326 e. The number of benzene rings is 2. The number of phenols is 1. The minimum atomic E-state index is -1.47. The van der Waals surface area contributed by atoms with Gasteiger partial charge in [0.05, 0.1) is 12.5 Å². The third-order valence-electron chi connectivity index (χ3n) is 14.4. The summed E-state index contributed by atoms with van der Waals surface area (Å²) in [6.45, 7) is 7.54. The van der Waals surface area contributed by atoms with Crippen molar-refractivity contribution < 1.29 is 58.2 Å². The molecule has 476 valence electrons. The average molecular weight is 1210 g/mol. The molecule has 1 heterocycles. The van der Waals surface area contributed by atoms with Crippen molar-refractivity contribution in [3.8, 4) is 5.75 Å². The molecule has 3 rings (SSSR count). The number of carboxylic acids is 1. The molecular weight excluding hydrogens is 1110 g/mol. The molecule has 86 heavy (non-hydrogen) atoms. The zero-order valence-electron chi connectivity index (χ0n) is 49.6. The van der Waals surface area contributed by atoms with E-state index in [0.29, 0.717) is 36.8 Å². The summed E-state index contributed by atoms with van der Waals surface area (Å²) in [4.78, 5) is 147. The fraction of sp³-hybridized carbons (Fsp3) is 0.579. The van der Waals surface area contributed by atoms with Crippen LogP contribution < -0.4 is 77.4 Å². The summed E-state index contributed by atoms with van der Waals surface area (Å²) in [5, 5.41) is 38.5. The fourth-order valence-electron chi connectivity index (χ4n) is 9.45. The van der Waals surface area contributed by atoms with Crippen LogP contribution in [0.15, 0.2) is 64.6 Å². The summed E-state index contributed by atoms with van der Waals surface area (Å²) in [5.74, 6) is -9.62. The molecule has 1 saturated heterocycles. The Morgan fingerprint density at radius 1 is 0.593 bits per heavy atom. The summed E-state index contributed by atoms with van der Waals surface area (Å²) < 4.78 is 0. The highest BCUT2D eigenvalue weighted by Gasteiger charge is 2.41. The van der Waals surface area contributed by atoms with E-state index in [4.69, 9.17) is 40.1 Å². The molecule has 2 aromatic carbocycles. The highest BCUT2D eigenvalue weighted by atomic mass is 16.4. The summed E-state index contributed by atoms with van der Waals surface area (Å²) >= 11 is 0. The minimum Gasteiger partial charge on any atom is -0.508 e. The molecular formula is C57H91N17O12. The maximum atomic E-state index is 14.7. The number of aliphatic carboxylic acids is 1.